The molecule has 0 heterocycles. The summed E-state index contributed by atoms with van der Waals surface area (Å²) in [5.74, 6) is -0.327. The summed E-state index contributed by atoms with van der Waals surface area (Å²) in [4.78, 5) is 11.3. The van der Waals surface area contributed by atoms with Gasteiger partial charge >= 0.3 is 5.97 Å². The highest BCUT2D eigenvalue weighted by Gasteiger charge is 2.16. The number of rotatable bonds is 7. The third kappa shape index (κ3) is 4.82. The van der Waals surface area contributed by atoms with E-state index in [1.165, 1.54) is 6.07 Å². The van der Waals surface area contributed by atoms with E-state index in [2.05, 4.69) is 4.72 Å². The van der Waals surface area contributed by atoms with Gasteiger partial charge in [0.25, 0.3) is 0 Å². The number of carbonyl (C=O) groups excluding carboxylic acids is 1. The average molecular weight is 300 g/mol. The van der Waals surface area contributed by atoms with E-state index < -0.39 is 10.0 Å². The molecule has 0 spiro atoms. The molecule has 1 aromatic rings. The van der Waals surface area contributed by atoms with Crippen LogP contribution in [0.5, 0.6) is 0 Å². The summed E-state index contributed by atoms with van der Waals surface area (Å²) in [6.45, 7) is 3.93. The molecule has 6 nitrogen and oxygen atoms in total. The van der Waals surface area contributed by atoms with Crippen LogP contribution in [0, 0.1) is 6.92 Å². The minimum atomic E-state index is -3.61. The third-order valence-electron chi connectivity index (χ3n) is 2.66. The Bertz CT molecular complexity index is 570. The van der Waals surface area contributed by atoms with Crippen molar-refractivity contribution in [2.45, 2.75) is 31.6 Å². The molecule has 3 N–H and O–H groups in total. The van der Waals surface area contributed by atoms with Crippen molar-refractivity contribution in [2.24, 2.45) is 0 Å². The zero-order valence-corrected chi connectivity index (χ0v) is 12.5. The van der Waals surface area contributed by atoms with Gasteiger partial charge in [0, 0.05) is 18.7 Å². The zero-order valence-electron chi connectivity index (χ0n) is 11.7. The Labute approximate surface area is 119 Å². The van der Waals surface area contributed by atoms with Crippen LogP contribution in [0.15, 0.2) is 23.1 Å². The Morgan fingerprint density at radius 2 is 2.10 bits per heavy atom. The number of anilines is 1. The number of nitrogens with two attached hydrogens (primary N) is 1. The molecule has 0 aliphatic carbocycles. The van der Waals surface area contributed by atoms with Gasteiger partial charge < -0.3 is 10.5 Å². The van der Waals surface area contributed by atoms with Crippen LogP contribution in [-0.4, -0.2) is 27.5 Å². The number of nitrogen functional groups attached to an aromatic ring is 1. The summed E-state index contributed by atoms with van der Waals surface area (Å²) in [7, 11) is -3.61. The second-order valence-corrected chi connectivity index (χ2v) is 6.07. The van der Waals surface area contributed by atoms with Gasteiger partial charge in [0.05, 0.1) is 11.5 Å². The largest absolute Gasteiger partial charge is 0.466 e. The molecule has 1 rings (SSSR count). The molecule has 0 amide bonds. The number of hydrogen-bond donors (Lipinski definition) is 2. The van der Waals surface area contributed by atoms with Gasteiger partial charge in [-0.25, -0.2) is 13.1 Å². The standard InChI is InChI=1S/C13H20N2O4S/c1-3-19-13(16)5-4-8-15-20(17,18)12-9-11(14)7-6-10(12)2/h6-7,9,15H,3-5,8,14H2,1-2H3. The molecule has 0 aromatic heterocycles. The van der Waals surface area contributed by atoms with E-state index in [1.54, 1.807) is 26.0 Å². The molecule has 1 aromatic carbocycles. The average Bonchev–Trinajstić information content (AvgIpc) is 2.38. The maximum Gasteiger partial charge on any atom is 0.305 e. The minimum absolute atomic E-state index is 0.161. The molecule has 0 saturated heterocycles. The summed E-state index contributed by atoms with van der Waals surface area (Å²) >= 11 is 0. The lowest BCUT2D eigenvalue weighted by atomic mass is 10.2. The van der Waals surface area contributed by atoms with Crippen LogP contribution < -0.4 is 10.5 Å². The molecular formula is C13H20N2O4S. The van der Waals surface area contributed by atoms with Crippen LogP contribution in [0.4, 0.5) is 5.69 Å². The molecule has 0 aliphatic rings. The smallest absolute Gasteiger partial charge is 0.305 e. The Morgan fingerprint density at radius 1 is 1.40 bits per heavy atom. The number of carbonyl (C=O) groups is 1. The molecule has 0 atom stereocenters. The highest BCUT2D eigenvalue weighted by atomic mass is 32.2. The molecule has 20 heavy (non-hydrogen) atoms. The van der Waals surface area contributed by atoms with Gasteiger partial charge in [-0.05, 0) is 38.0 Å². The van der Waals surface area contributed by atoms with E-state index in [4.69, 9.17) is 10.5 Å². The van der Waals surface area contributed by atoms with Gasteiger partial charge in [-0.2, -0.15) is 0 Å². The summed E-state index contributed by atoms with van der Waals surface area (Å²) in [5.41, 5.74) is 6.61. The number of hydrogen-bond acceptors (Lipinski definition) is 5. The van der Waals surface area contributed by atoms with Crippen molar-refractivity contribution in [2.75, 3.05) is 18.9 Å². The van der Waals surface area contributed by atoms with E-state index >= 15 is 0 Å². The van der Waals surface area contributed by atoms with Gasteiger partial charge in [0.15, 0.2) is 0 Å². The van der Waals surface area contributed by atoms with Crippen LogP contribution in [0.1, 0.15) is 25.3 Å². The molecule has 0 aliphatic heterocycles. The lowest BCUT2D eigenvalue weighted by Crippen LogP contribution is -2.26. The number of nitrogens with one attached hydrogen (secondary N) is 1. The molecule has 0 bridgehead atoms. The predicted molar refractivity (Wildman–Crippen MR) is 76.6 cm³/mol. The number of esters is 1. The van der Waals surface area contributed by atoms with Crippen molar-refractivity contribution < 1.29 is 17.9 Å². The van der Waals surface area contributed by atoms with Crippen molar-refractivity contribution >= 4 is 21.7 Å². The lowest BCUT2D eigenvalue weighted by molar-refractivity contribution is -0.143. The van der Waals surface area contributed by atoms with Crippen LogP contribution in [0.25, 0.3) is 0 Å². The molecule has 112 valence electrons. The van der Waals surface area contributed by atoms with Crippen molar-refractivity contribution in [3.63, 3.8) is 0 Å². The summed E-state index contributed by atoms with van der Waals surface area (Å²) in [6.07, 6.45) is 0.575. The van der Waals surface area contributed by atoms with Gasteiger partial charge in [-0.15, -0.1) is 0 Å². The summed E-state index contributed by atoms with van der Waals surface area (Å²) in [6, 6.07) is 4.72. The van der Waals surface area contributed by atoms with Gasteiger partial charge in [-0.3, -0.25) is 4.79 Å². The fraction of sp³-hybridized carbons (Fsp3) is 0.462. The molecule has 7 heteroatoms. The normalized spacial score (nSPS) is 11.3. The molecular weight excluding hydrogens is 280 g/mol. The predicted octanol–water partition coefficient (Wildman–Crippen LogP) is 1.20. The first kappa shape index (κ1) is 16.5. The topological polar surface area (TPSA) is 98.5 Å². The second-order valence-electron chi connectivity index (χ2n) is 4.33. The first-order valence-corrected chi connectivity index (χ1v) is 7.86. The highest BCUT2D eigenvalue weighted by molar-refractivity contribution is 7.89. The van der Waals surface area contributed by atoms with Crippen LogP contribution in [-0.2, 0) is 19.6 Å². The van der Waals surface area contributed by atoms with Crippen molar-refractivity contribution in [3.05, 3.63) is 23.8 Å². The Morgan fingerprint density at radius 3 is 2.75 bits per heavy atom. The fourth-order valence-corrected chi connectivity index (χ4v) is 3.01. The Balaban J connectivity index is 2.58. The van der Waals surface area contributed by atoms with Crippen LogP contribution in [0.2, 0.25) is 0 Å². The maximum atomic E-state index is 12.1. The quantitative estimate of drug-likeness (QED) is 0.448. The van der Waals surface area contributed by atoms with E-state index in [9.17, 15) is 13.2 Å². The molecule has 0 fully saturated rings. The molecule has 0 unspecified atom stereocenters. The number of benzene rings is 1. The van der Waals surface area contributed by atoms with Gasteiger partial charge in [0.1, 0.15) is 0 Å². The van der Waals surface area contributed by atoms with Gasteiger partial charge in [0.2, 0.25) is 10.0 Å². The molecule has 0 radical (unpaired) electrons. The lowest BCUT2D eigenvalue weighted by Gasteiger charge is -2.10. The first-order valence-electron chi connectivity index (χ1n) is 6.38. The Hall–Kier alpha value is -1.60. The minimum Gasteiger partial charge on any atom is -0.466 e. The van der Waals surface area contributed by atoms with Crippen LogP contribution >= 0.6 is 0 Å². The van der Waals surface area contributed by atoms with Crippen molar-refractivity contribution in [1.29, 1.82) is 0 Å². The Kier molecular flexibility index (Phi) is 5.97. The third-order valence-corrected chi connectivity index (χ3v) is 4.26. The second kappa shape index (κ2) is 7.25. The SMILES string of the molecule is CCOC(=O)CCCNS(=O)(=O)c1cc(N)ccc1C. The van der Waals surface area contributed by atoms with Crippen molar-refractivity contribution in [1.82, 2.24) is 4.72 Å². The van der Waals surface area contributed by atoms with E-state index in [0.29, 0.717) is 24.3 Å². The van der Waals surface area contributed by atoms with E-state index in [-0.39, 0.29) is 23.8 Å². The number of aryl methyl sites for hydroxylation is 1. The van der Waals surface area contributed by atoms with Crippen molar-refractivity contribution in [3.8, 4) is 0 Å². The van der Waals surface area contributed by atoms with E-state index in [0.717, 1.165) is 0 Å². The zero-order chi connectivity index (χ0) is 15.2. The summed E-state index contributed by atoms with van der Waals surface area (Å²) in [5, 5.41) is 0. The maximum absolute atomic E-state index is 12.1. The highest BCUT2D eigenvalue weighted by Crippen LogP contribution is 2.17. The number of sulfonamides is 1. The summed E-state index contributed by atoms with van der Waals surface area (Å²) < 4.78 is 31.4. The van der Waals surface area contributed by atoms with Crippen LogP contribution in [0.3, 0.4) is 0 Å². The monoisotopic (exact) mass is 300 g/mol. The molecule has 0 saturated carbocycles. The first-order chi connectivity index (χ1) is 9.36. The van der Waals surface area contributed by atoms with Gasteiger partial charge in [-0.1, -0.05) is 6.07 Å². The number of ether oxygens (including phenoxy) is 1. The fourth-order valence-electron chi connectivity index (χ4n) is 1.66. The van der Waals surface area contributed by atoms with E-state index in [1.807, 2.05) is 0 Å².